The Labute approximate surface area is 136 Å². The van der Waals surface area contributed by atoms with Crippen LogP contribution in [0.4, 0.5) is 0 Å². The van der Waals surface area contributed by atoms with E-state index in [4.69, 9.17) is 4.74 Å². The zero-order chi connectivity index (χ0) is 15.6. The lowest BCUT2D eigenvalue weighted by Gasteiger charge is -2.38. The normalized spacial score (nSPS) is 26.6. The number of thioether (sulfide) groups is 1. The van der Waals surface area contributed by atoms with Crippen molar-refractivity contribution in [3.05, 3.63) is 29.8 Å². The predicted molar refractivity (Wildman–Crippen MR) is 90.4 cm³/mol. The number of amides is 1. The number of rotatable bonds is 3. The van der Waals surface area contributed by atoms with Gasteiger partial charge in [-0.2, -0.15) is 11.8 Å². The summed E-state index contributed by atoms with van der Waals surface area (Å²) in [4.78, 5) is 12.4. The summed E-state index contributed by atoms with van der Waals surface area (Å²) in [6.45, 7) is 5.14. The molecule has 2 aliphatic rings. The lowest BCUT2D eigenvalue weighted by molar-refractivity contribution is -0.122. The van der Waals surface area contributed by atoms with Crippen LogP contribution in [0.3, 0.4) is 0 Å². The number of hydrogen-bond acceptors (Lipinski definition) is 4. The van der Waals surface area contributed by atoms with Crippen LogP contribution in [-0.4, -0.2) is 35.6 Å². The van der Waals surface area contributed by atoms with E-state index in [1.807, 2.05) is 36.0 Å². The highest BCUT2D eigenvalue weighted by atomic mass is 32.2. The van der Waals surface area contributed by atoms with Gasteiger partial charge in [-0.15, -0.1) is 0 Å². The molecule has 2 unspecified atom stereocenters. The van der Waals surface area contributed by atoms with Gasteiger partial charge < -0.3 is 15.4 Å². The van der Waals surface area contributed by atoms with E-state index < -0.39 is 0 Å². The first-order valence-electron chi connectivity index (χ1n) is 7.92. The second-order valence-corrected chi connectivity index (χ2v) is 7.80. The summed E-state index contributed by atoms with van der Waals surface area (Å²) in [5.74, 6) is 3.16. The number of carbonyl (C=O) groups is 1. The number of hydrogen-bond donors (Lipinski definition) is 2. The molecule has 3 rings (SSSR count). The van der Waals surface area contributed by atoms with Crippen molar-refractivity contribution in [2.24, 2.45) is 0 Å². The van der Waals surface area contributed by atoms with Gasteiger partial charge in [-0.3, -0.25) is 4.79 Å². The van der Waals surface area contributed by atoms with Crippen molar-refractivity contribution in [2.75, 3.05) is 18.1 Å². The summed E-state index contributed by atoms with van der Waals surface area (Å²) in [5, 5.41) is 6.63. The van der Waals surface area contributed by atoms with Gasteiger partial charge in [0.2, 0.25) is 5.91 Å². The Morgan fingerprint density at radius 2 is 2.27 bits per heavy atom. The van der Waals surface area contributed by atoms with Gasteiger partial charge in [0.1, 0.15) is 11.4 Å². The highest BCUT2D eigenvalue weighted by Gasteiger charge is 2.34. The molecule has 120 valence electrons. The Hall–Kier alpha value is -1.20. The van der Waals surface area contributed by atoms with E-state index >= 15 is 0 Å². The molecule has 5 heteroatoms. The first-order chi connectivity index (χ1) is 10.5. The molecular formula is C17H24N2O2S. The van der Waals surface area contributed by atoms with E-state index in [-0.39, 0.29) is 17.6 Å². The molecule has 0 aliphatic carbocycles. The second kappa shape index (κ2) is 6.50. The predicted octanol–water partition coefficient (Wildman–Crippen LogP) is 2.50. The van der Waals surface area contributed by atoms with E-state index in [2.05, 4.69) is 24.5 Å². The fourth-order valence-corrected chi connectivity index (χ4v) is 4.11. The van der Waals surface area contributed by atoms with Crippen LogP contribution in [0.2, 0.25) is 0 Å². The lowest BCUT2D eigenvalue weighted by Crippen LogP contribution is -2.44. The zero-order valence-electron chi connectivity index (χ0n) is 13.2. The smallest absolute Gasteiger partial charge is 0.222 e. The first-order valence-corrected chi connectivity index (χ1v) is 9.07. The van der Waals surface area contributed by atoms with Crippen molar-refractivity contribution in [3.8, 4) is 5.75 Å². The van der Waals surface area contributed by atoms with Gasteiger partial charge in [-0.1, -0.05) is 18.2 Å². The first kappa shape index (κ1) is 15.7. The van der Waals surface area contributed by atoms with Gasteiger partial charge >= 0.3 is 0 Å². The summed E-state index contributed by atoms with van der Waals surface area (Å²) in [7, 11) is 0. The van der Waals surface area contributed by atoms with Crippen LogP contribution < -0.4 is 15.4 Å². The Kier molecular flexibility index (Phi) is 4.64. The van der Waals surface area contributed by atoms with Gasteiger partial charge in [0.25, 0.3) is 0 Å². The summed E-state index contributed by atoms with van der Waals surface area (Å²) in [6, 6.07) is 8.32. The summed E-state index contributed by atoms with van der Waals surface area (Å²) in [6.07, 6.45) is 1.34. The average Bonchev–Trinajstić information content (AvgIpc) is 2.47. The molecule has 1 aromatic carbocycles. The van der Waals surface area contributed by atoms with Gasteiger partial charge in [0, 0.05) is 42.5 Å². The molecule has 0 radical (unpaired) electrons. The molecule has 1 amide bonds. The van der Waals surface area contributed by atoms with Crippen molar-refractivity contribution in [1.29, 1.82) is 0 Å². The third-order valence-electron chi connectivity index (χ3n) is 4.14. The van der Waals surface area contributed by atoms with Crippen molar-refractivity contribution in [2.45, 2.75) is 44.4 Å². The number of ether oxygens (including phenoxy) is 1. The highest BCUT2D eigenvalue weighted by Crippen LogP contribution is 2.39. The molecule has 0 saturated carbocycles. The van der Waals surface area contributed by atoms with E-state index in [0.29, 0.717) is 12.5 Å². The monoisotopic (exact) mass is 320 g/mol. The van der Waals surface area contributed by atoms with Crippen LogP contribution >= 0.6 is 11.8 Å². The van der Waals surface area contributed by atoms with Crippen LogP contribution in [0.25, 0.3) is 0 Å². The molecule has 2 atom stereocenters. The van der Waals surface area contributed by atoms with Crippen molar-refractivity contribution >= 4 is 17.7 Å². The molecule has 1 saturated heterocycles. The molecule has 0 bridgehead atoms. The van der Waals surface area contributed by atoms with Gasteiger partial charge in [-0.05, 0) is 19.9 Å². The Morgan fingerprint density at radius 3 is 3.05 bits per heavy atom. The third-order valence-corrected chi connectivity index (χ3v) is 5.27. The zero-order valence-corrected chi connectivity index (χ0v) is 14.0. The highest BCUT2D eigenvalue weighted by molar-refractivity contribution is 7.99. The maximum Gasteiger partial charge on any atom is 0.222 e. The topological polar surface area (TPSA) is 50.4 Å². The minimum Gasteiger partial charge on any atom is -0.487 e. The van der Waals surface area contributed by atoms with Crippen LogP contribution in [-0.2, 0) is 4.79 Å². The van der Waals surface area contributed by atoms with E-state index in [1.165, 1.54) is 0 Å². The quantitative estimate of drug-likeness (QED) is 0.898. The summed E-state index contributed by atoms with van der Waals surface area (Å²) < 4.78 is 6.01. The Morgan fingerprint density at radius 1 is 1.45 bits per heavy atom. The van der Waals surface area contributed by atoms with E-state index in [9.17, 15) is 4.79 Å². The second-order valence-electron chi connectivity index (χ2n) is 6.65. The third kappa shape index (κ3) is 3.76. The number of benzene rings is 1. The van der Waals surface area contributed by atoms with Crippen LogP contribution in [0, 0.1) is 0 Å². The molecule has 2 N–H and O–H groups in total. The van der Waals surface area contributed by atoms with Gasteiger partial charge in [0.15, 0.2) is 0 Å². The van der Waals surface area contributed by atoms with Gasteiger partial charge in [0.05, 0.1) is 6.04 Å². The molecule has 4 nitrogen and oxygen atoms in total. The molecule has 2 aliphatic heterocycles. The summed E-state index contributed by atoms with van der Waals surface area (Å²) >= 11 is 1.92. The maximum atomic E-state index is 12.4. The van der Waals surface area contributed by atoms with Crippen molar-refractivity contribution in [1.82, 2.24) is 10.6 Å². The fraction of sp³-hybridized carbons (Fsp3) is 0.588. The van der Waals surface area contributed by atoms with Crippen molar-refractivity contribution in [3.63, 3.8) is 0 Å². The SMILES string of the molecule is CC1(C)CC(NC(=O)CC2CSCCN2)c2ccccc2O1. The van der Waals surface area contributed by atoms with Crippen LogP contribution in [0.15, 0.2) is 24.3 Å². The number of carbonyl (C=O) groups excluding carboxylic acids is 1. The fourth-order valence-electron chi connectivity index (χ4n) is 3.16. The minimum absolute atomic E-state index is 0.0312. The largest absolute Gasteiger partial charge is 0.487 e. The van der Waals surface area contributed by atoms with E-state index in [0.717, 1.165) is 35.8 Å². The summed E-state index contributed by atoms with van der Waals surface area (Å²) in [5.41, 5.74) is 0.826. The molecule has 1 fully saturated rings. The molecule has 22 heavy (non-hydrogen) atoms. The van der Waals surface area contributed by atoms with Gasteiger partial charge in [-0.25, -0.2) is 0 Å². The standard InChI is InChI=1S/C17H24N2O2S/c1-17(2)10-14(13-5-3-4-6-15(13)21-17)19-16(20)9-12-11-22-8-7-18-12/h3-6,12,14,18H,7-11H2,1-2H3,(H,19,20). The number of para-hydroxylation sites is 1. The van der Waals surface area contributed by atoms with Crippen LogP contribution in [0.1, 0.15) is 38.3 Å². The maximum absolute atomic E-state index is 12.4. The van der Waals surface area contributed by atoms with Crippen molar-refractivity contribution < 1.29 is 9.53 Å². The molecule has 2 heterocycles. The molecule has 0 spiro atoms. The minimum atomic E-state index is -0.259. The number of fused-ring (bicyclic) bond motifs is 1. The number of nitrogens with one attached hydrogen (secondary N) is 2. The average molecular weight is 320 g/mol. The Bertz CT molecular complexity index is 541. The molecule has 1 aromatic rings. The Balaban J connectivity index is 1.67. The van der Waals surface area contributed by atoms with E-state index in [1.54, 1.807) is 0 Å². The van der Waals surface area contributed by atoms with Crippen LogP contribution in [0.5, 0.6) is 5.75 Å². The molecular weight excluding hydrogens is 296 g/mol. The molecule has 0 aromatic heterocycles. The lowest BCUT2D eigenvalue weighted by atomic mass is 9.89.